The van der Waals surface area contributed by atoms with Gasteiger partial charge in [-0.25, -0.2) is 0 Å². The third kappa shape index (κ3) is 7.54. The zero-order valence-corrected chi connectivity index (χ0v) is 20.8. The molecule has 0 aliphatic rings. The molecule has 1 atom stereocenters. The normalized spacial score (nSPS) is 11.8. The Morgan fingerprint density at radius 1 is 1.19 bits per heavy atom. The molecule has 0 radical (unpaired) electrons. The number of hydrogen-bond donors (Lipinski definition) is 1. The van der Waals surface area contributed by atoms with Crippen LogP contribution in [0, 0.1) is 12.8 Å². The van der Waals surface area contributed by atoms with Gasteiger partial charge in [0.05, 0.1) is 0 Å². The molecular weight excluding hydrogens is 480 g/mol. The summed E-state index contributed by atoms with van der Waals surface area (Å²) in [5, 5.41) is 3.50. The fraction of sp³-hybridized carbons (Fsp3) is 0.417. The van der Waals surface area contributed by atoms with Gasteiger partial charge in [-0.3, -0.25) is 9.59 Å². The van der Waals surface area contributed by atoms with Crippen LogP contribution < -0.4 is 10.1 Å². The second kappa shape index (κ2) is 12.1. The average Bonchev–Trinajstić information content (AvgIpc) is 2.74. The van der Waals surface area contributed by atoms with Crippen molar-refractivity contribution in [2.45, 2.75) is 46.7 Å². The van der Waals surface area contributed by atoms with Crippen molar-refractivity contribution in [3.05, 3.63) is 63.1 Å². The molecule has 168 valence electrons. The molecule has 2 rings (SSSR count). The number of rotatable bonds is 10. The highest BCUT2D eigenvalue weighted by atomic mass is 79.9. The third-order valence-corrected chi connectivity index (χ3v) is 6.12. The van der Waals surface area contributed by atoms with Crippen LogP contribution in [0.4, 0.5) is 0 Å². The Labute approximate surface area is 198 Å². The van der Waals surface area contributed by atoms with E-state index in [-0.39, 0.29) is 25.0 Å². The lowest BCUT2D eigenvalue weighted by atomic mass is 10.1. The van der Waals surface area contributed by atoms with E-state index >= 15 is 0 Å². The molecular formula is C24H30BrClN2O3. The second-order valence-electron chi connectivity index (χ2n) is 7.88. The van der Waals surface area contributed by atoms with Crippen molar-refractivity contribution in [1.29, 1.82) is 0 Å². The van der Waals surface area contributed by atoms with Crippen molar-refractivity contribution in [1.82, 2.24) is 10.2 Å². The number of benzene rings is 2. The first-order chi connectivity index (χ1) is 14.7. The highest BCUT2D eigenvalue weighted by Gasteiger charge is 2.29. The zero-order valence-electron chi connectivity index (χ0n) is 18.5. The van der Waals surface area contributed by atoms with Crippen LogP contribution in [-0.4, -0.2) is 35.9 Å². The summed E-state index contributed by atoms with van der Waals surface area (Å²) in [4.78, 5) is 27.6. The number of ether oxygens (including phenoxy) is 1. The van der Waals surface area contributed by atoms with Gasteiger partial charge in [0, 0.05) is 22.6 Å². The summed E-state index contributed by atoms with van der Waals surface area (Å²) >= 11 is 9.79. The van der Waals surface area contributed by atoms with Crippen molar-refractivity contribution < 1.29 is 14.3 Å². The standard InChI is InChI=1S/C24H30BrClN2O3/c1-5-22(24(30)27-13-16(2)3)28(14-18-8-6-7-9-21(18)26)23(29)15-31-19-10-11-20(25)17(4)12-19/h6-12,16,22H,5,13-15H2,1-4H3,(H,27,30). The Balaban J connectivity index is 2.22. The fourth-order valence-corrected chi connectivity index (χ4v) is 3.53. The zero-order chi connectivity index (χ0) is 23.0. The second-order valence-corrected chi connectivity index (χ2v) is 9.14. The average molecular weight is 510 g/mol. The van der Waals surface area contributed by atoms with E-state index in [1.165, 1.54) is 0 Å². The summed E-state index contributed by atoms with van der Waals surface area (Å²) in [6.07, 6.45) is 0.484. The van der Waals surface area contributed by atoms with Gasteiger partial charge in [0.25, 0.3) is 5.91 Å². The van der Waals surface area contributed by atoms with Crippen LogP contribution in [0.25, 0.3) is 0 Å². The van der Waals surface area contributed by atoms with E-state index in [0.717, 1.165) is 15.6 Å². The van der Waals surface area contributed by atoms with E-state index in [0.29, 0.717) is 29.7 Å². The van der Waals surface area contributed by atoms with E-state index in [4.69, 9.17) is 16.3 Å². The van der Waals surface area contributed by atoms with Gasteiger partial charge in [-0.05, 0) is 54.7 Å². The Morgan fingerprint density at radius 2 is 1.90 bits per heavy atom. The number of nitrogens with zero attached hydrogens (tertiary/aromatic N) is 1. The molecule has 7 heteroatoms. The van der Waals surface area contributed by atoms with Crippen LogP contribution in [0.3, 0.4) is 0 Å². The third-order valence-electron chi connectivity index (χ3n) is 4.86. The molecule has 0 saturated heterocycles. The largest absolute Gasteiger partial charge is 0.484 e. The lowest BCUT2D eigenvalue weighted by molar-refractivity contribution is -0.143. The molecule has 0 fully saturated rings. The molecule has 2 aromatic rings. The first kappa shape index (κ1) is 25.2. The Morgan fingerprint density at radius 3 is 2.52 bits per heavy atom. The summed E-state index contributed by atoms with van der Waals surface area (Å²) in [5.41, 5.74) is 1.80. The number of halogens is 2. The van der Waals surface area contributed by atoms with E-state index < -0.39 is 6.04 Å². The van der Waals surface area contributed by atoms with E-state index in [2.05, 4.69) is 21.2 Å². The van der Waals surface area contributed by atoms with Gasteiger partial charge in [-0.1, -0.05) is 66.5 Å². The fourth-order valence-electron chi connectivity index (χ4n) is 3.09. The SMILES string of the molecule is CCC(C(=O)NCC(C)C)N(Cc1ccccc1Cl)C(=O)COc1ccc(Br)c(C)c1. The van der Waals surface area contributed by atoms with Crippen LogP contribution in [0.1, 0.15) is 38.3 Å². The van der Waals surface area contributed by atoms with Crippen molar-refractivity contribution in [3.8, 4) is 5.75 Å². The molecule has 1 N–H and O–H groups in total. The molecule has 0 aliphatic carbocycles. The first-order valence-corrected chi connectivity index (χ1v) is 11.6. The lowest BCUT2D eigenvalue weighted by Crippen LogP contribution is -2.50. The van der Waals surface area contributed by atoms with Gasteiger partial charge < -0.3 is 15.0 Å². The van der Waals surface area contributed by atoms with Gasteiger partial charge in [0.1, 0.15) is 11.8 Å². The maximum atomic E-state index is 13.2. The minimum absolute atomic E-state index is 0.167. The summed E-state index contributed by atoms with van der Waals surface area (Å²) < 4.78 is 6.72. The maximum absolute atomic E-state index is 13.2. The predicted octanol–water partition coefficient (Wildman–Crippen LogP) is 5.37. The summed E-state index contributed by atoms with van der Waals surface area (Å²) in [5.74, 6) is 0.477. The number of amides is 2. The number of carbonyl (C=O) groups is 2. The van der Waals surface area contributed by atoms with Crippen molar-refractivity contribution in [2.75, 3.05) is 13.2 Å². The molecule has 5 nitrogen and oxygen atoms in total. The molecule has 2 amide bonds. The van der Waals surface area contributed by atoms with Crippen molar-refractivity contribution >= 4 is 39.3 Å². The van der Waals surface area contributed by atoms with Crippen molar-refractivity contribution in [3.63, 3.8) is 0 Å². The number of aryl methyl sites for hydroxylation is 1. The first-order valence-electron chi connectivity index (χ1n) is 10.4. The molecule has 0 heterocycles. The number of nitrogens with one attached hydrogen (secondary N) is 1. The molecule has 31 heavy (non-hydrogen) atoms. The number of hydrogen-bond acceptors (Lipinski definition) is 3. The van der Waals surface area contributed by atoms with Gasteiger partial charge in [0.2, 0.25) is 5.91 Å². The molecule has 0 spiro atoms. The maximum Gasteiger partial charge on any atom is 0.261 e. The monoisotopic (exact) mass is 508 g/mol. The Kier molecular flexibility index (Phi) is 9.85. The lowest BCUT2D eigenvalue weighted by Gasteiger charge is -2.31. The quantitative estimate of drug-likeness (QED) is 0.468. The van der Waals surface area contributed by atoms with Crippen LogP contribution in [-0.2, 0) is 16.1 Å². The summed E-state index contributed by atoms with van der Waals surface area (Å²) in [7, 11) is 0. The van der Waals surface area contributed by atoms with Gasteiger partial charge >= 0.3 is 0 Å². The van der Waals surface area contributed by atoms with Crippen LogP contribution in [0.15, 0.2) is 46.9 Å². The van der Waals surface area contributed by atoms with Crippen molar-refractivity contribution in [2.24, 2.45) is 5.92 Å². The molecule has 0 saturated carbocycles. The smallest absolute Gasteiger partial charge is 0.261 e. The van der Waals surface area contributed by atoms with E-state index in [1.807, 2.05) is 58.0 Å². The molecule has 2 aromatic carbocycles. The van der Waals surface area contributed by atoms with Crippen LogP contribution in [0.2, 0.25) is 5.02 Å². The molecule has 0 bridgehead atoms. The molecule has 0 aromatic heterocycles. The van der Waals surface area contributed by atoms with E-state index in [9.17, 15) is 9.59 Å². The van der Waals surface area contributed by atoms with Gasteiger partial charge in [-0.2, -0.15) is 0 Å². The summed E-state index contributed by atoms with van der Waals surface area (Å²) in [6, 6.07) is 12.3. The number of carbonyl (C=O) groups excluding carboxylic acids is 2. The van der Waals surface area contributed by atoms with Crippen LogP contribution in [0.5, 0.6) is 5.75 Å². The minimum Gasteiger partial charge on any atom is -0.484 e. The highest BCUT2D eigenvalue weighted by Crippen LogP contribution is 2.23. The molecule has 0 aliphatic heterocycles. The molecule has 1 unspecified atom stereocenters. The van der Waals surface area contributed by atoms with E-state index in [1.54, 1.807) is 17.0 Å². The Bertz CT molecular complexity index is 904. The Hall–Kier alpha value is -2.05. The van der Waals surface area contributed by atoms with Crippen LogP contribution >= 0.6 is 27.5 Å². The topological polar surface area (TPSA) is 58.6 Å². The predicted molar refractivity (Wildman–Crippen MR) is 128 cm³/mol. The van der Waals surface area contributed by atoms with Gasteiger partial charge in [0.15, 0.2) is 6.61 Å². The highest BCUT2D eigenvalue weighted by molar-refractivity contribution is 9.10. The minimum atomic E-state index is -0.613. The van der Waals surface area contributed by atoms with Gasteiger partial charge in [-0.15, -0.1) is 0 Å². The summed E-state index contributed by atoms with van der Waals surface area (Å²) in [6.45, 7) is 8.52.